The van der Waals surface area contributed by atoms with E-state index in [1.54, 1.807) is 8.85 Å². The first-order valence-electron chi connectivity index (χ1n) is 9.37. The third-order valence-corrected chi connectivity index (χ3v) is 23.9. The maximum atomic E-state index is 13.0. The largest absolute Gasteiger partial charge is 1.00 e. The topological polar surface area (TPSA) is 29.1 Å². The van der Waals surface area contributed by atoms with Gasteiger partial charge in [-0.05, 0) is 0 Å². The van der Waals surface area contributed by atoms with Crippen molar-refractivity contribution < 1.29 is 50.8 Å². The van der Waals surface area contributed by atoms with Crippen molar-refractivity contribution in [1.82, 2.24) is 3.26 Å². The zero-order valence-corrected chi connectivity index (χ0v) is 21.5. The third-order valence-electron chi connectivity index (χ3n) is 6.84. The molecule has 0 aromatic heterocycles. The number of amides is 1. The van der Waals surface area contributed by atoms with Crippen LogP contribution in [0.3, 0.4) is 0 Å². The molecule has 1 N–H and O–H groups in total. The van der Waals surface area contributed by atoms with Crippen molar-refractivity contribution in [3.05, 3.63) is 20.0 Å². The molecular weight excluding hydrogens is 448 g/mol. The van der Waals surface area contributed by atoms with Crippen LogP contribution in [-0.4, -0.2) is 11.8 Å². The van der Waals surface area contributed by atoms with E-state index in [0.29, 0.717) is 23.7 Å². The summed E-state index contributed by atoms with van der Waals surface area (Å²) in [6.07, 6.45) is 5.19. The summed E-state index contributed by atoms with van der Waals surface area (Å²) < 4.78 is 5.43. The summed E-state index contributed by atoms with van der Waals surface area (Å²) in [5.74, 6) is 2.14. The molecule has 2 bridgehead atoms. The molecule has 0 saturated heterocycles. The summed E-state index contributed by atoms with van der Waals surface area (Å²) in [6.45, 7) is 14.2. The number of halogens is 2. The summed E-state index contributed by atoms with van der Waals surface area (Å²) in [6, 6.07) is 0. The van der Waals surface area contributed by atoms with Gasteiger partial charge in [0.2, 0.25) is 0 Å². The molecule has 0 spiro atoms. The Bertz CT molecular complexity index is 590. The Labute approximate surface area is 175 Å². The summed E-state index contributed by atoms with van der Waals surface area (Å²) in [5, 5.41) is 0. The maximum Gasteiger partial charge on any atom is -1.00 e. The Kier molecular flexibility index (Phi) is 8.73. The number of carbonyl (C=O) groups excluding carboxylic acids is 1. The van der Waals surface area contributed by atoms with Gasteiger partial charge in [0, 0.05) is 0 Å². The first-order valence-corrected chi connectivity index (χ1v) is 19.0. The van der Waals surface area contributed by atoms with Crippen molar-refractivity contribution >= 4 is 11.8 Å². The average molecular weight is 481 g/mol. The van der Waals surface area contributed by atoms with Crippen LogP contribution in [0.15, 0.2) is 20.0 Å². The van der Waals surface area contributed by atoms with Crippen LogP contribution in [0.25, 0.3) is 0 Å². The molecule has 141 valence electrons. The molecule has 3 aliphatic carbocycles. The van der Waals surface area contributed by atoms with Crippen molar-refractivity contribution in [2.24, 2.45) is 23.7 Å². The monoisotopic (exact) mass is 478 g/mol. The quantitative estimate of drug-likeness (QED) is 0.479. The minimum Gasteiger partial charge on any atom is -1.00 e. The second kappa shape index (κ2) is 9.22. The SMILES string of the molecule is CC1=C(C)C(C)[C]([Zr+2]([NH]C(=O)C2CC3CCC2C3)[SiH](C)C)=C1C.[Cl-].[Cl-]. The maximum absolute atomic E-state index is 13.0. The zero-order valence-electron chi connectivity index (χ0n) is 16.4. The fraction of sp³-hybridized carbons (Fsp3) is 0.737. The van der Waals surface area contributed by atoms with E-state index < -0.39 is 27.1 Å². The number of nitrogens with one attached hydrogen (secondary N) is 1. The zero-order chi connectivity index (χ0) is 16.9. The van der Waals surface area contributed by atoms with Crippen LogP contribution in [0.5, 0.6) is 0 Å². The molecular formula is C19H32Cl2NOSiZr. The van der Waals surface area contributed by atoms with Gasteiger partial charge in [-0.25, -0.2) is 0 Å². The molecule has 4 atom stereocenters. The fourth-order valence-electron chi connectivity index (χ4n) is 5.11. The van der Waals surface area contributed by atoms with Crippen molar-refractivity contribution in [3.63, 3.8) is 0 Å². The molecule has 25 heavy (non-hydrogen) atoms. The number of hydrogen-bond acceptors (Lipinski definition) is 1. The van der Waals surface area contributed by atoms with Crippen molar-refractivity contribution in [2.75, 3.05) is 0 Å². The van der Waals surface area contributed by atoms with Crippen LogP contribution in [0.4, 0.5) is 0 Å². The first-order chi connectivity index (χ1) is 10.8. The van der Waals surface area contributed by atoms with E-state index in [1.807, 2.05) is 0 Å². The van der Waals surface area contributed by atoms with Crippen molar-refractivity contribution in [2.45, 2.75) is 66.5 Å². The Balaban J connectivity index is 0.00000156. The van der Waals surface area contributed by atoms with Gasteiger partial charge in [0.1, 0.15) is 0 Å². The second-order valence-electron chi connectivity index (χ2n) is 8.41. The Morgan fingerprint density at radius 3 is 2.12 bits per heavy atom. The Morgan fingerprint density at radius 2 is 1.72 bits per heavy atom. The molecule has 2 saturated carbocycles. The van der Waals surface area contributed by atoms with Crippen LogP contribution in [0, 0.1) is 23.7 Å². The van der Waals surface area contributed by atoms with E-state index in [9.17, 15) is 4.79 Å². The molecule has 3 rings (SSSR count). The van der Waals surface area contributed by atoms with Gasteiger partial charge in [0.25, 0.3) is 0 Å². The van der Waals surface area contributed by atoms with E-state index in [0.717, 1.165) is 5.92 Å². The van der Waals surface area contributed by atoms with Crippen molar-refractivity contribution in [1.29, 1.82) is 0 Å². The molecule has 0 aromatic carbocycles. The normalized spacial score (nSPS) is 30.5. The standard InChI is InChI=1S/C9H13.C8H13NO.C2H7Si.2ClH.Zr/c1-6-5-7(2)9(4)8(6)3;9-8(10)7-4-5-1-2-6(7)3-5;1-3-2;;;/h6H,1-4H3;5-7H,1-4H2,(H2,9,10);3H,1-2H3;2*1H;/q;;;;;+3/p-3. The van der Waals surface area contributed by atoms with Crippen LogP contribution < -0.4 is 28.1 Å². The number of fused-ring (bicyclic) bond motifs is 2. The van der Waals surface area contributed by atoms with E-state index in [-0.39, 0.29) is 24.8 Å². The minimum absolute atomic E-state index is 0. The fourth-order valence-corrected chi connectivity index (χ4v) is 20.9. The Hall–Kier alpha value is 0.630. The molecule has 0 aliphatic heterocycles. The summed E-state index contributed by atoms with van der Waals surface area (Å²) >= 11 is -1.99. The van der Waals surface area contributed by atoms with E-state index in [2.05, 4.69) is 44.0 Å². The van der Waals surface area contributed by atoms with Gasteiger partial charge in [-0.1, -0.05) is 0 Å². The van der Waals surface area contributed by atoms with E-state index in [1.165, 1.54) is 36.8 Å². The molecule has 2 nitrogen and oxygen atoms in total. The smallest absolute Gasteiger partial charge is 1.00 e. The van der Waals surface area contributed by atoms with Gasteiger partial charge >= 0.3 is 151 Å². The molecule has 0 aromatic rings. The van der Waals surface area contributed by atoms with Crippen molar-refractivity contribution in [3.8, 4) is 0 Å². The van der Waals surface area contributed by atoms with Gasteiger partial charge in [0.15, 0.2) is 0 Å². The average Bonchev–Trinajstić information content (AvgIpc) is 3.18. The number of carbonyl (C=O) groups is 1. The van der Waals surface area contributed by atoms with Crippen LogP contribution in [0.1, 0.15) is 53.4 Å². The number of allylic oxidation sites excluding steroid dienone is 4. The number of hydrogen-bond donors (Lipinski definition) is 1. The predicted octanol–water partition coefficient (Wildman–Crippen LogP) is -1.68. The molecule has 0 heterocycles. The van der Waals surface area contributed by atoms with Gasteiger partial charge in [-0.2, -0.15) is 0 Å². The minimum atomic E-state index is -1.99. The van der Waals surface area contributed by atoms with E-state index in [4.69, 9.17) is 0 Å². The van der Waals surface area contributed by atoms with Gasteiger partial charge < -0.3 is 24.8 Å². The van der Waals surface area contributed by atoms with Gasteiger partial charge in [-0.15, -0.1) is 0 Å². The molecule has 1 amide bonds. The van der Waals surface area contributed by atoms with Gasteiger partial charge in [0.05, 0.1) is 0 Å². The molecule has 6 heteroatoms. The van der Waals surface area contributed by atoms with Gasteiger partial charge in [-0.3, -0.25) is 0 Å². The molecule has 2 fully saturated rings. The molecule has 0 radical (unpaired) electrons. The van der Waals surface area contributed by atoms with Crippen LogP contribution >= 0.6 is 0 Å². The summed E-state index contributed by atoms with van der Waals surface area (Å²) in [5.41, 5.74) is 4.56. The van der Waals surface area contributed by atoms with Crippen LogP contribution in [-0.2, 0) is 26.0 Å². The van der Waals surface area contributed by atoms with E-state index >= 15 is 0 Å². The van der Waals surface area contributed by atoms with Crippen LogP contribution in [0.2, 0.25) is 13.1 Å². The second-order valence-corrected chi connectivity index (χ2v) is 26.6. The number of rotatable bonds is 4. The summed E-state index contributed by atoms with van der Waals surface area (Å²) in [7, 11) is 0. The third kappa shape index (κ3) is 4.39. The first kappa shape index (κ1) is 23.7. The summed E-state index contributed by atoms with van der Waals surface area (Å²) in [4.78, 5) is 13.0. The molecule has 3 aliphatic rings. The predicted molar refractivity (Wildman–Crippen MR) is 96.2 cm³/mol. The Morgan fingerprint density at radius 1 is 1.08 bits per heavy atom. The molecule has 4 unspecified atom stereocenters.